The molecule has 1 amide bonds. The molecule has 4 nitrogen and oxygen atoms in total. The van der Waals surface area contributed by atoms with Crippen LogP contribution in [0.5, 0.6) is 0 Å². The van der Waals surface area contributed by atoms with Gasteiger partial charge in [-0.3, -0.25) is 9.69 Å². The van der Waals surface area contributed by atoms with Gasteiger partial charge in [0.2, 0.25) is 5.91 Å². The Morgan fingerprint density at radius 3 is 2.62 bits per heavy atom. The van der Waals surface area contributed by atoms with Gasteiger partial charge in [0.25, 0.3) is 0 Å². The number of hydrogen-bond acceptors (Lipinski definition) is 4. The molecule has 3 rings (SSSR count). The fourth-order valence-corrected chi connectivity index (χ4v) is 4.16. The van der Waals surface area contributed by atoms with Crippen LogP contribution < -0.4 is 11.1 Å². The quantitative estimate of drug-likeness (QED) is 0.812. The van der Waals surface area contributed by atoms with E-state index in [2.05, 4.69) is 29.3 Å². The second-order valence-electron chi connectivity index (χ2n) is 7.31. The fourth-order valence-electron chi connectivity index (χ4n) is 3.24. The summed E-state index contributed by atoms with van der Waals surface area (Å²) in [5.41, 5.74) is 6.87. The van der Waals surface area contributed by atoms with E-state index in [4.69, 9.17) is 5.73 Å². The topological polar surface area (TPSA) is 58.4 Å². The van der Waals surface area contributed by atoms with Crippen molar-refractivity contribution >= 4 is 23.4 Å². The highest BCUT2D eigenvalue weighted by atomic mass is 32.2. The minimum atomic E-state index is -0.168. The van der Waals surface area contributed by atoms with Gasteiger partial charge in [0, 0.05) is 16.3 Å². The van der Waals surface area contributed by atoms with E-state index >= 15 is 0 Å². The molecule has 1 aliphatic heterocycles. The van der Waals surface area contributed by atoms with Crippen molar-refractivity contribution in [2.24, 2.45) is 11.1 Å². The lowest BCUT2D eigenvalue weighted by Gasteiger charge is -2.26. The standard InChI is InChI=1S/C21H27N3OS/c1-16(24-13-12-21(2,14-22)15-24)20(25)23-18-10-6-7-11-19(18)26-17-8-4-3-5-9-17/h3-11,16H,12-15,22H2,1-2H3,(H,23,25). The second kappa shape index (κ2) is 8.25. The number of likely N-dealkylation sites (tertiary alicyclic amines) is 1. The van der Waals surface area contributed by atoms with E-state index in [1.54, 1.807) is 11.8 Å². The Balaban J connectivity index is 1.68. The van der Waals surface area contributed by atoms with Gasteiger partial charge in [-0.25, -0.2) is 0 Å². The minimum absolute atomic E-state index is 0.0346. The molecule has 0 aliphatic carbocycles. The number of carbonyl (C=O) groups is 1. The van der Waals surface area contributed by atoms with Gasteiger partial charge >= 0.3 is 0 Å². The SMILES string of the molecule is CC(C(=O)Nc1ccccc1Sc1ccccc1)N1CCC(C)(CN)C1. The van der Waals surface area contributed by atoms with Crippen LogP contribution in [0.2, 0.25) is 0 Å². The van der Waals surface area contributed by atoms with E-state index in [0.717, 1.165) is 35.0 Å². The predicted molar refractivity (Wildman–Crippen MR) is 108 cm³/mol. The minimum Gasteiger partial charge on any atom is -0.330 e. The zero-order valence-electron chi connectivity index (χ0n) is 15.4. The van der Waals surface area contributed by atoms with Gasteiger partial charge in [0.15, 0.2) is 0 Å². The molecule has 2 aromatic rings. The van der Waals surface area contributed by atoms with Gasteiger partial charge in [-0.05, 0) is 56.1 Å². The summed E-state index contributed by atoms with van der Waals surface area (Å²) >= 11 is 1.66. The summed E-state index contributed by atoms with van der Waals surface area (Å²) < 4.78 is 0. The Hall–Kier alpha value is -1.82. The number of carbonyl (C=O) groups excluding carboxylic acids is 1. The number of nitrogens with one attached hydrogen (secondary N) is 1. The van der Waals surface area contributed by atoms with Crippen molar-refractivity contribution in [2.75, 3.05) is 25.0 Å². The highest BCUT2D eigenvalue weighted by Gasteiger charge is 2.36. The highest BCUT2D eigenvalue weighted by Crippen LogP contribution is 2.34. The number of hydrogen-bond donors (Lipinski definition) is 2. The Morgan fingerprint density at radius 2 is 1.92 bits per heavy atom. The van der Waals surface area contributed by atoms with Crippen molar-refractivity contribution in [3.63, 3.8) is 0 Å². The van der Waals surface area contributed by atoms with Crippen LogP contribution >= 0.6 is 11.8 Å². The third-order valence-corrected chi connectivity index (χ3v) is 6.21. The van der Waals surface area contributed by atoms with Crippen molar-refractivity contribution in [1.29, 1.82) is 0 Å². The normalized spacial score (nSPS) is 21.5. The molecule has 138 valence electrons. The largest absolute Gasteiger partial charge is 0.330 e. The molecule has 1 fully saturated rings. The third kappa shape index (κ3) is 4.47. The molecule has 3 N–H and O–H groups in total. The van der Waals surface area contributed by atoms with E-state index < -0.39 is 0 Å². The van der Waals surface area contributed by atoms with Crippen LogP contribution in [0.15, 0.2) is 64.4 Å². The molecule has 2 unspecified atom stereocenters. The molecule has 1 saturated heterocycles. The van der Waals surface area contributed by atoms with E-state index in [0.29, 0.717) is 6.54 Å². The average molecular weight is 370 g/mol. The van der Waals surface area contributed by atoms with Crippen LogP contribution in [0.3, 0.4) is 0 Å². The maximum absolute atomic E-state index is 12.8. The zero-order valence-corrected chi connectivity index (χ0v) is 16.3. The van der Waals surface area contributed by atoms with E-state index in [9.17, 15) is 4.79 Å². The Labute approximate surface area is 160 Å². The molecule has 0 saturated carbocycles. The molecule has 5 heteroatoms. The van der Waals surface area contributed by atoms with Gasteiger partial charge in [-0.2, -0.15) is 0 Å². The second-order valence-corrected chi connectivity index (χ2v) is 8.43. The molecule has 1 aliphatic rings. The maximum atomic E-state index is 12.8. The van der Waals surface area contributed by atoms with Crippen LogP contribution in [0.1, 0.15) is 20.3 Å². The van der Waals surface area contributed by atoms with Crippen LogP contribution in [-0.4, -0.2) is 36.5 Å². The molecule has 1 heterocycles. The van der Waals surface area contributed by atoms with Crippen LogP contribution in [0.25, 0.3) is 0 Å². The van der Waals surface area contributed by atoms with Gasteiger partial charge < -0.3 is 11.1 Å². The molecule has 2 atom stereocenters. The Kier molecular flexibility index (Phi) is 6.01. The monoisotopic (exact) mass is 369 g/mol. The number of amides is 1. The molecule has 0 bridgehead atoms. The molecule has 0 aromatic heterocycles. The first-order valence-corrected chi connectivity index (χ1v) is 9.89. The first-order valence-electron chi connectivity index (χ1n) is 9.08. The van der Waals surface area contributed by atoms with E-state index in [-0.39, 0.29) is 17.4 Å². The van der Waals surface area contributed by atoms with Gasteiger partial charge in [0.1, 0.15) is 0 Å². The molecular weight excluding hydrogens is 342 g/mol. The van der Waals surface area contributed by atoms with Gasteiger partial charge in [0.05, 0.1) is 11.7 Å². The number of anilines is 1. The molecular formula is C21H27N3OS. The Morgan fingerprint density at radius 1 is 1.23 bits per heavy atom. The summed E-state index contributed by atoms with van der Waals surface area (Å²) in [6, 6.07) is 18.0. The number of nitrogens with two attached hydrogens (primary N) is 1. The molecule has 0 radical (unpaired) electrons. The van der Waals surface area contributed by atoms with E-state index in [1.807, 2.05) is 49.4 Å². The third-order valence-electron chi connectivity index (χ3n) is 5.12. The van der Waals surface area contributed by atoms with Crippen molar-refractivity contribution in [3.8, 4) is 0 Å². The van der Waals surface area contributed by atoms with Gasteiger partial charge in [-0.1, -0.05) is 49.0 Å². The lowest BCUT2D eigenvalue weighted by molar-refractivity contribution is -0.120. The summed E-state index contributed by atoms with van der Waals surface area (Å²) in [6.07, 6.45) is 1.04. The number of benzene rings is 2. The van der Waals surface area contributed by atoms with Gasteiger partial charge in [-0.15, -0.1) is 0 Å². The van der Waals surface area contributed by atoms with E-state index in [1.165, 1.54) is 0 Å². The lowest BCUT2D eigenvalue weighted by atomic mass is 9.90. The van der Waals surface area contributed by atoms with Crippen molar-refractivity contribution < 1.29 is 4.79 Å². The number of nitrogens with zero attached hydrogens (tertiary/aromatic N) is 1. The van der Waals surface area contributed by atoms with Crippen molar-refractivity contribution in [1.82, 2.24) is 4.90 Å². The lowest BCUT2D eigenvalue weighted by Crippen LogP contribution is -2.42. The van der Waals surface area contributed by atoms with Crippen molar-refractivity contribution in [3.05, 3.63) is 54.6 Å². The summed E-state index contributed by atoms with van der Waals surface area (Å²) in [5.74, 6) is 0.0346. The summed E-state index contributed by atoms with van der Waals surface area (Å²) in [5, 5.41) is 3.12. The number of rotatable bonds is 6. The predicted octanol–water partition coefficient (Wildman–Crippen LogP) is 3.84. The average Bonchev–Trinajstić information content (AvgIpc) is 3.06. The fraction of sp³-hybridized carbons (Fsp3) is 0.381. The van der Waals surface area contributed by atoms with Crippen LogP contribution in [-0.2, 0) is 4.79 Å². The molecule has 26 heavy (non-hydrogen) atoms. The highest BCUT2D eigenvalue weighted by molar-refractivity contribution is 7.99. The number of para-hydroxylation sites is 1. The van der Waals surface area contributed by atoms with Crippen molar-refractivity contribution in [2.45, 2.75) is 36.1 Å². The Bertz CT molecular complexity index is 752. The molecule has 0 spiro atoms. The smallest absolute Gasteiger partial charge is 0.241 e. The first-order chi connectivity index (χ1) is 12.5. The van der Waals surface area contributed by atoms with Crippen LogP contribution in [0, 0.1) is 5.41 Å². The summed E-state index contributed by atoms with van der Waals surface area (Å²) in [4.78, 5) is 17.2. The van der Waals surface area contributed by atoms with Crippen LogP contribution in [0.4, 0.5) is 5.69 Å². The summed E-state index contributed by atoms with van der Waals surface area (Å²) in [7, 11) is 0. The summed E-state index contributed by atoms with van der Waals surface area (Å²) in [6.45, 7) is 6.63. The first kappa shape index (κ1) is 19.0. The maximum Gasteiger partial charge on any atom is 0.241 e. The zero-order chi connectivity index (χ0) is 18.6. The molecule has 2 aromatic carbocycles.